The van der Waals surface area contributed by atoms with Gasteiger partial charge in [0.25, 0.3) is 5.91 Å². The summed E-state index contributed by atoms with van der Waals surface area (Å²) in [6.45, 7) is 4.02. The first-order chi connectivity index (χ1) is 15.3. The highest BCUT2D eigenvalue weighted by molar-refractivity contribution is 6.31. The van der Waals surface area contributed by atoms with Crippen molar-refractivity contribution < 1.29 is 19.1 Å². The number of hydrogen-bond acceptors (Lipinski definition) is 5. The van der Waals surface area contributed by atoms with E-state index in [0.29, 0.717) is 35.1 Å². The van der Waals surface area contributed by atoms with Gasteiger partial charge in [-0.15, -0.1) is 0 Å². The number of aryl methyl sites for hydroxylation is 1. The summed E-state index contributed by atoms with van der Waals surface area (Å²) >= 11 is 6.24. The molecule has 0 fully saturated rings. The Bertz CT molecular complexity index is 1110. The van der Waals surface area contributed by atoms with E-state index in [4.69, 9.17) is 21.1 Å². The zero-order valence-corrected chi connectivity index (χ0v) is 19.3. The van der Waals surface area contributed by atoms with E-state index in [9.17, 15) is 9.59 Å². The molecule has 3 rings (SSSR count). The van der Waals surface area contributed by atoms with Crippen molar-refractivity contribution in [3.8, 4) is 5.75 Å². The first-order valence-corrected chi connectivity index (χ1v) is 10.5. The Hall–Kier alpha value is -3.32. The number of rotatable bonds is 8. The first-order valence-electron chi connectivity index (χ1n) is 10.1. The van der Waals surface area contributed by atoms with E-state index < -0.39 is 5.97 Å². The Kier molecular flexibility index (Phi) is 7.53. The predicted octanol–water partition coefficient (Wildman–Crippen LogP) is 4.03. The third kappa shape index (κ3) is 5.48. The van der Waals surface area contributed by atoms with Crippen molar-refractivity contribution in [3.05, 3.63) is 81.6 Å². The highest BCUT2D eigenvalue weighted by Gasteiger charge is 2.22. The topological polar surface area (TPSA) is 73.7 Å². The molecule has 2 aromatic carbocycles. The lowest BCUT2D eigenvalue weighted by Gasteiger charge is -2.17. The molecule has 1 aromatic heterocycles. The number of aromatic nitrogens is 2. The van der Waals surface area contributed by atoms with Crippen molar-refractivity contribution in [3.63, 3.8) is 0 Å². The Morgan fingerprint density at radius 2 is 1.78 bits per heavy atom. The third-order valence-electron chi connectivity index (χ3n) is 5.19. The second-order valence-corrected chi connectivity index (χ2v) is 7.88. The standard InChI is InChI=1S/C24H26ClN3O4/c1-16-23(17(2)28(26-16)14-19-7-5-6-8-21(19)25)24(30)32-15-22(29)27(3)13-18-9-11-20(31-4)12-10-18/h5-12H,13-15H2,1-4H3. The number of amides is 1. The number of nitrogens with zero attached hydrogens (tertiary/aromatic N) is 3. The van der Waals surface area contributed by atoms with Gasteiger partial charge in [-0.2, -0.15) is 5.10 Å². The molecule has 0 atom stereocenters. The van der Waals surface area contributed by atoms with Crippen LogP contribution in [0.15, 0.2) is 48.5 Å². The molecular weight excluding hydrogens is 430 g/mol. The molecule has 0 saturated heterocycles. The van der Waals surface area contributed by atoms with Gasteiger partial charge < -0.3 is 14.4 Å². The number of methoxy groups -OCH3 is 1. The van der Waals surface area contributed by atoms with E-state index in [1.54, 1.807) is 32.7 Å². The third-order valence-corrected chi connectivity index (χ3v) is 5.56. The summed E-state index contributed by atoms with van der Waals surface area (Å²) in [6, 6.07) is 14.9. The van der Waals surface area contributed by atoms with Gasteiger partial charge in [-0.1, -0.05) is 41.9 Å². The van der Waals surface area contributed by atoms with E-state index in [1.165, 1.54) is 4.90 Å². The van der Waals surface area contributed by atoms with E-state index in [0.717, 1.165) is 16.9 Å². The number of halogens is 1. The molecule has 1 amide bonds. The normalized spacial score (nSPS) is 10.7. The fraction of sp³-hybridized carbons (Fsp3) is 0.292. The second-order valence-electron chi connectivity index (χ2n) is 7.47. The van der Waals surface area contributed by atoms with Crippen molar-refractivity contribution in [1.29, 1.82) is 0 Å². The van der Waals surface area contributed by atoms with Crippen molar-refractivity contribution in [2.24, 2.45) is 0 Å². The maximum Gasteiger partial charge on any atom is 0.342 e. The highest BCUT2D eigenvalue weighted by Crippen LogP contribution is 2.20. The van der Waals surface area contributed by atoms with Crippen LogP contribution in [0.3, 0.4) is 0 Å². The molecule has 7 nitrogen and oxygen atoms in total. The molecule has 168 valence electrons. The summed E-state index contributed by atoms with van der Waals surface area (Å²) in [7, 11) is 3.27. The minimum Gasteiger partial charge on any atom is -0.497 e. The molecule has 0 saturated carbocycles. The summed E-state index contributed by atoms with van der Waals surface area (Å²) in [6.07, 6.45) is 0. The summed E-state index contributed by atoms with van der Waals surface area (Å²) in [5.74, 6) is -0.123. The average Bonchev–Trinajstić information content (AvgIpc) is 3.06. The van der Waals surface area contributed by atoms with Gasteiger partial charge in [0.05, 0.1) is 25.0 Å². The summed E-state index contributed by atoms with van der Waals surface area (Å²) < 4.78 is 12.2. The van der Waals surface area contributed by atoms with Gasteiger partial charge in [-0.25, -0.2) is 4.79 Å². The van der Waals surface area contributed by atoms with Crippen LogP contribution in [-0.4, -0.2) is 47.3 Å². The van der Waals surface area contributed by atoms with Crippen LogP contribution in [0.5, 0.6) is 5.75 Å². The Balaban J connectivity index is 1.61. The van der Waals surface area contributed by atoms with Crippen LogP contribution in [0.4, 0.5) is 0 Å². The fourth-order valence-corrected chi connectivity index (χ4v) is 3.53. The molecule has 0 bridgehead atoms. The molecule has 3 aromatic rings. The fourth-order valence-electron chi connectivity index (χ4n) is 3.34. The number of esters is 1. The molecule has 0 N–H and O–H groups in total. The second kappa shape index (κ2) is 10.3. The molecule has 32 heavy (non-hydrogen) atoms. The SMILES string of the molecule is COc1ccc(CN(C)C(=O)COC(=O)c2c(C)nn(Cc3ccccc3Cl)c2C)cc1. The predicted molar refractivity (Wildman–Crippen MR) is 122 cm³/mol. The minimum absolute atomic E-state index is 0.298. The van der Waals surface area contributed by atoms with Gasteiger partial charge in [0.2, 0.25) is 0 Å². The van der Waals surface area contributed by atoms with Gasteiger partial charge in [0.15, 0.2) is 6.61 Å². The van der Waals surface area contributed by atoms with Crippen molar-refractivity contribution in [2.45, 2.75) is 26.9 Å². The Labute approximate surface area is 192 Å². The number of hydrogen-bond donors (Lipinski definition) is 0. The zero-order valence-electron chi connectivity index (χ0n) is 18.6. The number of carbonyl (C=O) groups excluding carboxylic acids is 2. The summed E-state index contributed by atoms with van der Waals surface area (Å²) in [5.41, 5.74) is 3.41. The van der Waals surface area contributed by atoms with Crippen LogP contribution in [0.25, 0.3) is 0 Å². The first kappa shape index (κ1) is 23.3. The quantitative estimate of drug-likeness (QED) is 0.479. The van der Waals surface area contributed by atoms with E-state index in [1.807, 2.05) is 48.5 Å². The van der Waals surface area contributed by atoms with Crippen LogP contribution in [0, 0.1) is 13.8 Å². The van der Waals surface area contributed by atoms with E-state index >= 15 is 0 Å². The van der Waals surface area contributed by atoms with Crippen molar-refractivity contribution in [2.75, 3.05) is 20.8 Å². The van der Waals surface area contributed by atoms with Crippen LogP contribution in [-0.2, 0) is 22.6 Å². The van der Waals surface area contributed by atoms with Crippen molar-refractivity contribution >= 4 is 23.5 Å². The lowest BCUT2D eigenvalue weighted by atomic mass is 10.2. The molecule has 0 aliphatic heterocycles. The maximum absolute atomic E-state index is 12.7. The smallest absolute Gasteiger partial charge is 0.342 e. The Morgan fingerprint density at radius 3 is 2.44 bits per heavy atom. The van der Waals surface area contributed by atoms with Crippen LogP contribution >= 0.6 is 11.6 Å². The van der Waals surface area contributed by atoms with Gasteiger partial charge in [-0.05, 0) is 43.2 Å². The highest BCUT2D eigenvalue weighted by atomic mass is 35.5. The molecule has 0 unspecified atom stereocenters. The molecule has 0 spiro atoms. The van der Waals surface area contributed by atoms with Crippen molar-refractivity contribution in [1.82, 2.24) is 14.7 Å². The van der Waals surface area contributed by atoms with Gasteiger partial charge in [0, 0.05) is 18.6 Å². The Morgan fingerprint density at radius 1 is 1.09 bits per heavy atom. The monoisotopic (exact) mass is 455 g/mol. The van der Waals surface area contributed by atoms with Crippen LogP contribution < -0.4 is 4.74 Å². The van der Waals surface area contributed by atoms with Crippen LogP contribution in [0.1, 0.15) is 32.9 Å². The molecule has 0 aliphatic carbocycles. The average molecular weight is 456 g/mol. The van der Waals surface area contributed by atoms with Gasteiger partial charge in [0.1, 0.15) is 11.3 Å². The van der Waals surface area contributed by atoms with E-state index in [2.05, 4.69) is 5.10 Å². The van der Waals surface area contributed by atoms with Gasteiger partial charge >= 0.3 is 5.97 Å². The molecule has 8 heteroatoms. The lowest BCUT2D eigenvalue weighted by Crippen LogP contribution is -2.31. The number of carbonyl (C=O) groups is 2. The largest absolute Gasteiger partial charge is 0.497 e. The number of likely N-dealkylation sites (N-methyl/N-ethyl adjacent to an activating group) is 1. The van der Waals surface area contributed by atoms with Crippen LogP contribution in [0.2, 0.25) is 5.02 Å². The molecule has 0 radical (unpaired) electrons. The lowest BCUT2D eigenvalue weighted by molar-refractivity contribution is -0.133. The molecular formula is C24H26ClN3O4. The summed E-state index contributed by atoms with van der Waals surface area (Å²) in [4.78, 5) is 26.6. The van der Waals surface area contributed by atoms with E-state index in [-0.39, 0.29) is 12.5 Å². The minimum atomic E-state index is -0.573. The molecule has 1 heterocycles. The van der Waals surface area contributed by atoms with Gasteiger partial charge in [-0.3, -0.25) is 9.48 Å². The number of benzene rings is 2. The summed E-state index contributed by atoms with van der Waals surface area (Å²) in [5, 5.41) is 5.09. The number of ether oxygens (including phenoxy) is 2. The molecule has 0 aliphatic rings. The maximum atomic E-state index is 12.7. The zero-order chi connectivity index (χ0) is 23.3.